The lowest BCUT2D eigenvalue weighted by atomic mass is 10.1. The molecule has 1 unspecified atom stereocenters. The normalized spacial score (nSPS) is 15.4. The molecule has 6 nitrogen and oxygen atoms in total. The smallest absolute Gasteiger partial charge is 0.265 e. The van der Waals surface area contributed by atoms with E-state index in [4.69, 9.17) is 9.47 Å². The predicted octanol–water partition coefficient (Wildman–Crippen LogP) is 3.22. The van der Waals surface area contributed by atoms with Crippen LogP contribution in [0.2, 0.25) is 0 Å². The maximum Gasteiger partial charge on any atom is 0.265 e. The first-order valence-corrected chi connectivity index (χ1v) is 7.84. The molecule has 6 heteroatoms. The minimum Gasteiger partial charge on any atom is -0.489 e. The molecule has 0 aromatic heterocycles. The monoisotopic (exact) mass is 338 g/mol. The van der Waals surface area contributed by atoms with E-state index in [1.54, 1.807) is 55.5 Å². The van der Waals surface area contributed by atoms with Gasteiger partial charge in [-0.3, -0.25) is 9.59 Å². The minimum absolute atomic E-state index is 0.223. The summed E-state index contributed by atoms with van der Waals surface area (Å²) in [5.74, 6) is 0.512. The van der Waals surface area contributed by atoms with Crippen LogP contribution in [0.15, 0.2) is 55.1 Å². The molecular weight excluding hydrogens is 320 g/mol. The van der Waals surface area contributed by atoms with E-state index >= 15 is 0 Å². The Morgan fingerprint density at radius 1 is 1.36 bits per heavy atom. The number of rotatable bonds is 5. The second-order valence-corrected chi connectivity index (χ2v) is 5.51. The summed E-state index contributed by atoms with van der Waals surface area (Å²) in [4.78, 5) is 24.3. The fourth-order valence-electron chi connectivity index (χ4n) is 2.41. The Labute approximate surface area is 145 Å². The van der Waals surface area contributed by atoms with E-state index in [1.165, 1.54) is 0 Å². The van der Waals surface area contributed by atoms with Gasteiger partial charge < -0.3 is 20.1 Å². The van der Waals surface area contributed by atoms with Crippen LogP contribution in [0, 0.1) is 0 Å². The van der Waals surface area contributed by atoms with Crippen LogP contribution in [0.1, 0.15) is 17.3 Å². The standard InChI is InChI=1S/C19H18N2O4/c1-3-10-24-16-7-5-4-6-14(16)19(23)20-13-8-9-17-15(11-13)21-18(22)12(2)25-17/h3-9,11-12H,1,10H2,2H3,(H,20,23)(H,21,22). The van der Waals surface area contributed by atoms with E-state index in [0.717, 1.165) is 0 Å². The lowest BCUT2D eigenvalue weighted by Crippen LogP contribution is -2.34. The maximum atomic E-state index is 12.5. The summed E-state index contributed by atoms with van der Waals surface area (Å²) in [6.07, 6.45) is 1.07. The number of anilines is 2. The van der Waals surface area contributed by atoms with Crippen molar-refractivity contribution in [3.05, 3.63) is 60.7 Å². The average Bonchev–Trinajstić information content (AvgIpc) is 2.61. The Kier molecular flexibility index (Phi) is 4.70. The van der Waals surface area contributed by atoms with Crippen molar-refractivity contribution in [3.8, 4) is 11.5 Å². The van der Waals surface area contributed by atoms with Crippen molar-refractivity contribution in [3.63, 3.8) is 0 Å². The Hall–Kier alpha value is -3.28. The third kappa shape index (κ3) is 3.63. The lowest BCUT2D eigenvalue weighted by Gasteiger charge is -2.23. The van der Waals surface area contributed by atoms with Crippen LogP contribution in [0.5, 0.6) is 11.5 Å². The molecule has 0 saturated heterocycles. The van der Waals surface area contributed by atoms with Crippen molar-refractivity contribution in [2.24, 2.45) is 0 Å². The zero-order valence-electron chi connectivity index (χ0n) is 13.7. The third-order valence-corrected chi connectivity index (χ3v) is 3.66. The average molecular weight is 338 g/mol. The number of hydrogen-bond acceptors (Lipinski definition) is 4. The number of ether oxygens (including phenoxy) is 2. The summed E-state index contributed by atoms with van der Waals surface area (Å²) >= 11 is 0. The van der Waals surface area contributed by atoms with Crippen LogP contribution < -0.4 is 20.1 Å². The van der Waals surface area contributed by atoms with Gasteiger partial charge >= 0.3 is 0 Å². The van der Waals surface area contributed by atoms with E-state index in [0.29, 0.717) is 35.0 Å². The van der Waals surface area contributed by atoms with Gasteiger partial charge in [-0.1, -0.05) is 24.8 Å². The van der Waals surface area contributed by atoms with Gasteiger partial charge in [-0.2, -0.15) is 0 Å². The quantitative estimate of drug-likeness (QED) is 0.821. The molecule has 0 bridgehead atoms. The number of para-hydroxylation sites is 1. The number of carbonyl (C=O) groups excluding carboxylic acids is 2. The SMILES string of the molecule is C=CCOc1ccccc1C(=O)Nc1ccc2c(c1)NC(=O)C(C)O2. The highest BCUT2D eigenvalue weighted by Crippen LogP contribution is 2.32. The lowest BCUT2D eigenvalue weighted by molar-refractivity contribution is -0.122. The van der Waals surface area contributed by atoms with E-state index < -0.39 is 6.10 Å². The molecule has 0 saturated carbocycles. The van der Waals surface area contributed by atoms with Gasteiger partial charge in [0, 0.05) is 5.69 Å². The second kappa shape index (κ2) is 7.09. The van der Waals surface area contributed by atoms with Gasteiger partial charge in [0.05, 0.1) is 11.3 Å². The Morgan fingerprint density at radius 2 is 2.16 bits per heavy atom. The molecule has 25 heavy (non-hydrogen) atoms. The second-order valence-electron chi connectivity index (χ2n) is 5.51. The van der Waals surface area contributed by atoms with Gasteiger partial charge in [0.1, 0.15) is 18.1 Å². The zero-order valence-corrected chi connectivity index (χ0v) is 13.7. The van der Waals surface area contributed by atoms with Crippen molar-refractivity contribution in [1.29, 1.82) is 0 Å². The van der Waals surface area contributed by atoms with Crippen LogP contribution >= 0.6 is 0 Å². The van der Waals surface area contributed by atoms with Gasteiger partial charge in [-0.05, 0) is 37.3 Å². The Balaban J connectivity index is 1.79. The molecule has 1 aliphatic heterocycles. The molecular formula is C19H18N2O4. The van der Waals surface area contributed by atoms with Crippen LogP contribution in [0.4, 0.5) is 11.4 Å². The number of hydrogen-bond donors (Lipinski definition) is 2. The maximum absolute atomic E-state index is 12.5. The number of carbonyl (C=O) groups is 2. The van der Waals surface area contributed by atoms with Gasteiger partial charge in [-0.25, -0.2) is 0 Å². The van der Waals surface area contributed by atoms with Gasteiger partial charge in [0.15, 0.2) is 6.10 Å². The summed E-state index contributed by atoms with van der Waals surface area (Å²) < 4.78 is 11.0. The first-order valence-electron chi connectivity index (χ1n) is 7.84. The zero-order chi connectivity index (χ0) is 17.8. The van der Waals surface area contributed by atoms with Crippen molar-refractivity contribution in [2.75, 3.05) is 17.2 Å². The summed E-state index contributed by atoms with van der Waals surface area (Å²) in [6, 6.07) is 12.0. The molecule has 1 atom stereocenters. The topological polar surface area (TPSA) is 76.7 Å². The van der Waals surface area contributed by atoms with Crippen LogP contribution in [-0.4, -0.2) is 24.5 Å². The fraction of sp³-hybridized carbons (Fsp3) is 0.158. The van der Waals surface area contributed by atoms with E-state index in [2.05, 4.69) is 17.2 Å². The molecule has 2 aromatic carbocycles. The number of fused-ring (bicyclic) bond motifs is 1. The molecule has 0 fully saturated rings. The minimum atomic E-state index is -0.540. The van der Waals surface area contributed by atoms with Gasteiger partial charge in [0.25, 0.3) is 11.8 Å². The number of benzene rings is 2. The highest BCUT2D eigenvalue weighted by atomic mass is 16.5. The number of nitrogens with one attached hydrogen (secondary N) is 2. The van der Waals surface area contributed by atoms with Crippen molar-refractivity contribution < 1.29 is 19.1 Å². The van der Waals surface area contributed by atoms with Gasteiger partial charge in [0.2, 0.25) is 0 Å². The molecule has 0 aliphatic carbocycles. The largest absolute Gasteiger partial charge is 0.489 e. The molecule has 1 heterocycles. The van der Waals surface area contributed by atoms with Crippen LogP contribution in [0.25, 0.3) is 0 Å². The van der Waals surface area contributed by atoms with Crippen LogP contribution in [-0.2, 0) is 4.79 Å². The molecule has 0 spiro atoms. The first-order chi connectivity index (χ1) is 12.1. The van der Waals surface area contributed by atoms with E-state index in [1.807, 2.05) is 0 Å². The Morgan fingerprint density at radius 3 is 2.96 bits per heavy atom. The van der Waals surface area contributed by atoms with Crippen molar-refractivity contribution in [2.45, 2.75) is 13.0 Å². The van der Waals surface area contributed by atoms with E-state index in [-0.39, 0.29) is 11.8 Å². The molecule has 0 radical (unpaired) electrons. The highest BCUT2D eigenvalue weighted by Gasteiger charge is 2.23. The molecule has 2 amide bonds. The van der Waals surface area contributed by atoms with Crippen LogP contribution in [0.3, 0.4) is 0 Å². The molecule has 1 aliphatic rings. The highest BCUT2D eigenvalue weighted by molar-refractivity contribution is 6.07. The number of amides is 2. The Bertz CT molecular complexity index is 832. The van der Waals surface area contributed by atoms with Crippen molar-refractivity contribution >= 4 is 23.2 Å². The molecule has 128 valence electrons. The molecule has 3 rings (SSSR count). The molecule has 2 aromatic rings. The molecule has 2 N–H and O–H groups in total. The summed E-state index contributed by atoms with van der Waals surface area (Å²) in [7, 11) is 0. The first kappa shape index (κ1) is 16.6. The fourth-order valence-corrected chi connectivity index (χ4v) is 2.41. The third-order valence-electron chi connectivity index (χ3n) is 3.66. The predicted molar refractivity (Wildman–Crippen MR) is 95.2 cm³/mol. The summed E-state index contributed by atoms with van der Waals surface area (Å²) in [6.45, 7) is 5.58. The summed E-state index contributed by atoms with van der Waals surface area (Å²) in [5.41, 5.74) is 1.48. The van der Waals surface area contributed by atoms with Crippen molar-refractivity contribution in [1.82, 2.24) is 0 Å². The van der Waals surface area contributed by atoms with E-state index in [9.17, 15) is 9.59 Å². The summed E-state index contributed by atoms with van der Waals surface area (Å²) in [5, 5.41) is 5.55. The van der Waals surface area contributed by atoms with Gasteiger partial charge in [-0.15, -0.1) is 0 Å².